The van der Waals surface area contributed by atoms with Gasteiger partial charge in [0.1, 0.15) is 0 Å². The van der Waals surface area contributed by atoms with Gasteiger partial charge in [-0.3, -0.25) is 14.1 Å². The van der Waals surface area contributed by atoms with Gasteiger partial charge in [0.25, 0.3) is 0 Å². The molecule has 6 nitrogen and oxygen atoms in total. The Labute approximate surface area is 151 Å². The highest BCUT2D eigenvalue weighted by Crippen LogP contribution is 2.20. The molecule has 0 bridgehead atoms. The quantitative estimate of drug-likeness (QED) is 0.678. The van der Waals surface area contributed by atoms with Crippen molar-refractivity contribution in [1.82, 2.24) is 14.3 Å². The second kappa shape index (κ2) is 7.08. The highest BCUT2D eigenvalue weighted by atomic mass is 16.5. The van der Waals surface area contributed by atoms with E-state index in [1.165, 1.54) is 0 Å². The zero-order chi connectivity index (χ0) is 17.9. The lowest BCUT2D eigenvalue weighted by atomic mass is 10.0. The number of hydrogen-bond donors (Lipinski definition) is 0. The minimum atomic E-state index is -0.239. The molecule has 2 aromatic heterocycles. The van der Waals surface area contributed by atoms with Crippen LogP contribution >= 0.6 is 0 Å². The molecule has 1 aliphatic rings. The van der Waals surface area contributed by atoms with Crippen molar-refractivity contribution in [2.75, 3.05) is 26.3 Å². The first-order valence-corrected chi connectivity index (χ1v) is 8.58. The van der Waals surface area contributed by atoms with Crippen LogP contribution in [-0.4, -0.2) is 46.4 Å². The van der Waals surface area contributed by atoms with Gasteiger partial charge in [-0.1, -0.05) is 18.2 Å². The number of carbonyl (C=O) groups excluding carboxylic acids is 1. The summed E-state index contributed by atoms with van der Waals surface area (Å²) < 4.78 is 7.21. The number of ether oxygens (including phenoxy) is 1. The normalized spacial score (nSPS) is 15.0. The number of aromatic nitrogens is 2. The SMILES string of the molecule is N#Cc1ccccc1C(=O)c1nc(CN2CCOCC2)c2ccccn12. The summed E-state index contributed by atoms with van der Waals surface area (Å²) >= 11 is 0. The first kappa shape index (κ1) is 16.5. The van der Waals surface area contributed by atoms with Gasteiger partial charge in [0, 0.05) is 31.4 Å². The molecule has 0 spiro atoms. The first-order valence-electron chi connectivity index (χ1n) is 8.58. The Morgan fingerprint density at radius 2 is 1.92 bits per heavy atom. The van der Waals surface area contributed by atoms with Crippen molar-refractivity contribution in [1.29, 1.82) is 5.26 Å². The largest absolute Gasteiger partial charge is 0.379 e. The molecule has 1 aliphatic heterocycles. The van der Waals surface area contributed by atoms with Gasteiger partial charge < -0.3 is 4.74 Å². The van der Waals surface area contributed by atoms with Crippen molar-refractivity contribution in [3.05, 3.63) is 71.3 Å². The number of hydrogen-bond acceptors (Lipinski definition) is 5. The Balaban J connectivity index is 1.76. The van der Waals surface area contributed by atoms with Crippen LogP contribution in [0.3, 0.4) is 0 Å². The average molecular weight is 346 g/mol. The zero-order valence-corrected chi connectivity index (χ0v) is 14.3. The van der Waals surface area contributed by atoms with Crippen molar-refractivity contribution in [2.24, 2.45) is 0 Å². The van der Waals surface area contributed by atoms with E-state index in [0.29, 0.717) is 36.7 Å². The average Bonchev–Trinajstić information content (AvgIpc) is 3.07. The molecule has 130 valence electrons. The molecule has 0 amide bonds. The lowest BCUT2D eigenvalue weighted by molar-refractivity contribution is 0.0338. The fourth-order valence-electron chi connectivity index (χ4n) is 3.25. The number of imidazole rings is 1. The molecule has 1 fully saturated rings. The molecule has 26 heavy (non-hydrogen) atoms. The predicted octanol–water partition coefficient (Wildman–Crippen LogP) is 2.27. The zero-order valence-electron chi connectivity index (χ0n) is 14.3. The molecule has 3 aromatic rings. The second-order valence-electron chi connectivity index (χ2n) is 6.21. The third-order valence-corrected chi connectivity index (χ3v) is 4.60. The lowest BCUT2D eigenvalue weighted by Crippen LogP contribution is -2.35. The molecular formula is C20H18N4O2. The molecule has 0 aliphatic carbocycles. The molecule has 0 saturated carbocycles. The molecule has 0 N–H and O–H groups in total. The summed E-state index contributed by atoms with van der Waals surface area (Å²) in [6.07, 6.45) is 1.84. The molecule has 0 radical (unpaired) electrons. The van der Waals surface area contributed by atoms with Crippen LogP contribution in [0.2, 0.25) is 0 Å². The fourth-order valence-corrected chi connectivity index (χ4v) is 3.25. The Kier molecular flexibility index (Phi) is 4.48. The van der Waals surface area contributed by atoms with Crippen molar-refractivity contribution >= 4 is 11.3 Å². The van der Waals surface area contributed by atoms with Gasteiger partial charge in [-0.15, -0.1) is 0 Å². The molecule has 0 unspecified atom stereocenters. The molecule has 6 heteroatoms. The third kappa shape index (κ3) is 2.99. The summed E-state index contributed by atoms with van der Waals surface area (Å²) in [7, 11) is 0. The predicted molar refractivity (Wildman–Crippen MR) is 95.9 cm³/mol. The van der Waals surface area contributed by atoms with E-state index < -0.39 is 0 Å². The van der Waals surface area contributed by atoms with Gasteiger partial charge in [-0.2, -0.15) is 5.26 Å². The van der Waals surface area contributed by atoms with Crippen LogP contribution in [0.4, 0.5) is 0 Å². The Morgan fingerprint density at radius 3 is 2.73 bits per heavy atom. The topological polar surface area (TPSA) is 70.6 Å². The fraction of sp³-hybridized carbons (Fsp3) is 0.250. The molecule has 1 aromatic carbocycles. The van der Waals surface area contributed by atoms with Crippen LogP contribution in [0.5, 0.6) is 0 Å². The molecule has 3 heterocycles. The van der Waals surface area contributed by atoms with Crippen LogP contribution in [-0.2, 0) is 11.3 Å². The highest BCUT2D eigenvalue weighted by molar-refractivity contribution is 6.08. The van der Waals surface area contributed by atoms with E-state index in [1.807, 2.05) is 28.8 Å². The number of pyridine rings is 1. The van der Waals surface area contributed by atoms with E-state index in [2.05, 4.69) is 16.0 Å². The van der Waals surface area contributed by atoms with Crippen molar-refractivity contribution in [2.45, 2.75) is 6.54 Å². The number of ketones is 1. The van der Waals surface area contributed by atoms with Gasteiger partial charge in [-0.05, 0) is 24.3 Å². The van der Waals surface area contributed by atoms with Crippen molar-refractivity contribution in [3.63, 3.8) is 0 Å². The number of rotatable bonds is 4. The van der Waals surface area contributed by atoms with E-state index >= 15 is 0 Å². The van der Waals surface area contributed by atoms with Crippen LogP contribution in [0, 0.1) is 11.3 Å². The Hall–Kier alpha value is -3.01. The maximum Gasteiger partial charge on any atom is 0.230 e. The summed E-state index contributed by atoms with van der Waals surface area (Å²) in [5.74, 6) is 0.100. The number of nitriles is 1. The Morgan fingerprint density at radius 1 is 1.15 bits per heavy atom. The van der Waals surface area contributed by atoms with Crippen molar-refractivity contribution in [3.8, 4) is 6.07 Å². The molecule has 4 rings (SSSR count). The van der Waals surface area contributed by atoms with E-state index in [0.717, 1.165) is 24.3 Å². The van der Waals surface area contributed by atoms with Crippen molar-refractivity contribution < 1.29 is 9.53 Å². The summed E-state index contributed by atoms with van der Waals surface area (Å²) in [5, 5.41) is 9.30. The lowest BCUT2D eigenvalue weighted by Gasteiger charge is -2.25. The highest BCUT2D eigenvalue weighted by Gasteiger charge is 2.22. The van der Waals surface area contributed by atoms with Crippen LogP contribution in [0.15, 0.2) is 48.7 Å². The molecule has 1 saturated heterocycles. The minimum absolute atomic E-state index is 0.239. The third-order valence-electron chi connectivity index (χ3n) is 4.60. The monoisotopic (exact) mass is 346 g/mol. The summed E-state index contributed by atoms with van der Waals surface area (Å²) in [4.78, 5) is 20.0. The smallest absolute Gasteiger partial charge is 0.230 e. The maximum atomic E-state index is 13.1. The molecule has 0 atom stereocenters. The minimum Gasteiger partial charge on any atom is -0.379 e. The molecular weight excluding hydrogens is 328 g/mol. The summed E-state index contributed by atoms with van der Waals surface area (Å²) in [6, 6.07) is 14.7. The van der Waals surface area contributed by atoms with E-state index in [1.54, 1.807) is 24.3 Å². The van der Waals surface area contributed by atoms with Gasteiger partial charge in [0.2, 0.25) is 5.78 Å². The number of benzene rings is 1. The number of carbonyl (C=O) groups is 1. The van der Waals surface area contributed by atoms with Crippen LogP contribution in [0.25, 0.3) is 5.52 Å². The standard InChI is InChI=1S/C20H18N4O2/c21-13-15-5-1-2-6-16(15)19(25)20-22-17(14-23-9-11-26-12-10-23)18-7-3-4-8-24(18)20/h1-8H,9-12,14H2. The number of morpholine rings is 1. The van der Waals surface area contributed by atoms with Gasteiger partial charge in [0.05, 0.1) is 36.1 Å². The maximum absolute atomic E-state index is 13.1. The van der Waals surface area contributed by atoms with Gasteiger partial charge in [-0.25, -0.2) is 4.98 Å². The van der Waals surface area contributed by atoms with E-state index in [9.17, 15) is 10.1 Å². The van der Waals surface area contributed by atoms with E-state index in [4.69, 9.17) is 4.74 Å². The van der Waals surface area contributed by atoms with E-state index in [-0.39, 0.29) is 5.78 Å². The summed E-state index contributed by atoms with van der Waals surface area (Å²) in [5.41, 5.74) is 2.52. The first-order chi connectivity index (χ1) is 12.8. The Bertz CT molecular complexity index is 996. The van der Waals surface area contributed by atoms with Gasteiger partial charge >= 0.3 is 0 Å². The summed E-state index contributed by atoms with van der Waals surface area (Å²) in [6.45, 7) is 3.81. The van der Waals surface area contributed by atoms with Crippen LogP contribution in [0.1, 0.15) is 27.4 Å². The van der Waals surface area contributed by atoms with Crippen LogP contribution < -0.4 is 0 Å². The second-order valence-corrected chi connectivity index (χ2v) is 6.21. The number of nitrogens with zero attached hydrogens (tertiary/aromatic N) is 4. The number of fused-ring (bicyclic) bond motifs is 1. The van der Waals surface area contributed by atoms with Gasteiger partial charge in [0.15, 0.2) is 5.82 Å².